The van der Waals surface area contributed by atoms with Crippen molar-refractivity contribution in [3.05, 3.63) is 58.6 Å². The molecular formula is C22H27BClN3O3. The maximum absolute atomic E-state index is 6.61. The lowest BCUT2D eigenvalue weighted by Crippen LogP contribution is -2.41. The third-order valence-electron chi connectivity index (χ3n) is 6.00. The number of benzene rings is 2. The minimum absolute atomic E-state index is 0.233. The first-order chi connectivity index (χ1) is 14.2. The molecule has 0 radical (unpaired) electrons. The fourth-order valence-corrected chi connectivity index (χ4v) is 3.72. The van der Waals surface area contributed by atoms with Crippen LogP contribution in [0.2, 0.25) is 5.02 Å². The van der Waals surface area contributed by atoms with E-state index in [0.717, 1.165) is 22.3 Å². The molecule has 1 saturated heterocycles. The third-order valence-corrected chi connectivity index (χ3v) is 6.33. The fraction of sp³-hybridized carbons (Fsp3) is 0.409. The van der Waals surface area contributed by atoms with Gasteiger partial charge in [0.25, 0.3) is 0 Å². The zero-order valence-corrected chi connectivity index (χ0v) is 18.7. The first-order valence-electron chi connectivity index (χ1n) is 10.0. The smallest absolute Gasteiger partial charge is 0.494 e. The van der Waals surface area contributed by atoms with E-state index in [4.69, 9.17) is 25.6 Å². The van der Waals surface area contributed by atoms with Crippen molar-refractivity contribution < 1.29 is 14.0 Å². The summed E-state index contributed by atoms with van der Waals surface area (Å²) >= 11 is 6.61. The molecule has 4 rings (SSSR count). The number of nitrogens with zero attached hydrogens (tertiary/aromatic N) is 2. The first kappa shape index (κ1) is 21.2. The number of rotatable bonds is 5. The number of nitrogens with one attached hydrogen (secondary N) is 1. The predicted molar refractivity (Wildman–Crippen MR) is 120 cm³/mol. The molecule has 1 unspecified atom stereocenters. The molecule has 1 atom stereocenters. The summed E-state index contributed by atoms with van der Waals surface area (Å²) in [5, 5.41) is 2.58. The monoisotopic (exact) mass is 427 g/mol. The van der Waals surface area contributed by atoms with Crippen LogP contribution in [0.15, 0.2) is 47.5 Å². The van der Waals surface area contributed by atoms with Crippen molar-refractivity contribution in [2.45, 2.75) is 51.6 Å². The van der Waals surface area contributed by atoms with Crippen LogP contribution in [0, 0.1) is 0 Å². The summed E-state index contributed by atoms with van der Waals surface area (Å²) in [6.07, 6.45) is 1.57. The quantitative estimate of drug-likeness (QED) is 0.738. The number of ether oxygens (including phenoxy) is 1. The summed E-state index contributed by atoms with van der Waals surface area (Å²) in [7, 11) is 1.23. The topological polar surface area (TPSA) is 55.3 Å². The van der Waals surface area contributed by atoms with E-state index in [1.54, 1.807) is 13.4 Å². The van der Waals surface area contributed by atoms with Crippen molar-refractivity contribution >= 4 is 30.5 Å². The second kappa shape index (κ2) is 7.89. The summed E-state index contributed by atoms with van der Waals surface area (Å²) in [6, 6.07) is 13.8. The summed E-state index contributed by atoms with van der Waals surface area (Å²) in [6.45, 7) is 8.85. The van der Waals surface area contributed by atoms with E-state index in [1.807, 2.05) is 75.2 Å². The average molecular weight is 428 g/mol. The molecule has 158 valence electrons. The Bertz CT molecular complexity index is 933. The number of halogens is 1. The first-order valence-corrected chi connectivity index (χ1v) is 10.4. The molecule has 2 aromatic carbocycles. The summed E-state index contributed by atoms with van der Waals surface area (Å²) < 4.78 is 17.5. The van der Waals surface area contributed by atoms with Gasteiger partial charge in [-0.15, -0.1) is 0 Å². The molecular weight excluding hydrogens is 401 g/mol. The molecule has 0 aliphatic carbocycles. The Kier molecular flexibility index (Phi) is 5.57. The number of methoxy groups -OCH3 is 1. The molecule has 1 N–H and O–H groups in total. The van der Waals surface area contributed by atoms with E-state index in [0.29, 0.717) is 11.6 Å². The standard InChI is InChI=1S/C22H27BClN3O3/c1-21(2)22(3,4)30-23(29-21)16-8-11-18(19(24)12-16)20-25-14-27(26-20)13-15-6-9-17(28-5)10-7-15/h6-12,14,20,26H,13H2,1-5H3. The molecule has 30 heavy (non-hydrogen) atoms. The summed E-state index contributed by atoms with van der Waals surface area (Å²) in [4.78, 5) is 4.57. The van der Waals surface area contributed by atoms with Gasteiger partial charge in [0.1, 0.15) is 18.3 Å². The van der Waals surface area contributed by atoms with Gasteiger partial charge >= 0.3 is 7.12 Å². The predicted octanol–water partition coefficient (Wildman–Crippen LogP) is 3.70. The lowest BCUT2D eigenvalue weighted by atomic mass is 9.78. The molecule has 6 nitrogen and oxygen atoms in total. The van der Waals surface area contributed by atoms with Gasteiger partial charge in [-0.1, -0.05) is 35.9 Å². The lowest BCUT2D eigenvalue weighted by Gasteiger charge is -2.32. The largest absolute Gasteiger partial charge is 0.497 e. The lowest BCUT2D eigenvalue weighted by molar-refractivity contribution is 0.00578. The molecule has 0 saturated carbocycles. The van der Waals surface area contributed by atoms with Crippen LogP contribution < -0.4 is 15.6 Å². The van der Waals surface area contributed by atoms with E-state index in [1.165, 1.54) is 0 Å². The minimum Gasteiger partial charge on any atom is -0.497 e. The summed E-state index contributed by atoms with van der Waals surface area (Å²) in [5.74, 6) is 0.841. The van der Waals surface area contributed by atoms with Crippen LogP contribution in [0.3, 0.4) is 0 Å². The third kappa shape index (κ3) is 4.07. The van der Waals surface area contributed by atoms with E-state index in [9.17, 15) is 0 Å². The van der Waals surface area contributed by atoms with Gasteiger partial charge in [0.05, 0.1) is 24.9 Å². The van der Waals surface area contributed by atoms with Crippen molar-refractivity contribution in [2.75, 3.05) is 7.11 Å². The van der Waals surface area contributed by atoms with Gasteiger partial charge in [-0.25, -0.2) is 10.4 Å². The highest BCUT2D eigenvalue weighted by molar-refractivity contribution is 6.62. The summed E-state index contributed by atoms with van der Waals surface area (Å²) in [5.41, 5.74) is 5.56. The van der Waals surface area contributed by atoms with Crippen molar-refractivity contribution in [1.29, 1.82) is 0 Å². The number of aliphatic imine (C=N–C) groups is 1. The van der Waals surface area contributed by atoms with E-state index in [2.05, 4.69) is 10.4 Å². The number of hydrazine groups is 1. The van der Waals surface area contributed by atoms with Crippen molar-refractivity contribution in [2.24, 2.45) is 4.99 Å². The average Bonchev–Trinajstić information content (AvgIpc) is 3.23. The van der Waals surface area contributed by atoms with Gasteiger partial charge in [-0.2, -0.15) is 0 Å². The van der Waals surface area contributed by atoms with Gasteiger partial charge < -0.3 is 14.0 Å². The Balaban J connectivity index is 1.42. The van der Waals surface area contributed by atoms with Crippen molar-refractivity contribution in [3.63, 3.8) is 0 Å². The zero-order valence-electron chi connectivity index (χ0n) is 18.0. The molecule has 0 bridgehead atoms. The highest BCUT2D eigenvalue weighted by Gasteiger charge is 2.51. The second-order valence-electron chi connectivity index (χ2n) is 8.64. The molecule has 1 fully saturated rings. The van der Waals surface area contributed by atoms with Gasteiger partial charge in [0, 0.05) is 10.6 Å². The highest BCUT2D eigenvalue weighted by atomic mass is 35.5. The SMILES string of the molecule is COc1ccc(CN2C=NC(c3ccc(B4OC(C)(C)C(C)(C)O4)cc3Cl)N2)cc1. The van der Waals surface area contributed by atoms with Gasteiger partial charge in [-0.05, 0) is 56.9 Å². The molecule has 0 spiro atoms. The molecule has 0 aromatic heterocycles. The fourth-order valence-electron chi connectivity index (χ4n) is 3.43. The molecule has 8 heteroatoms. The van der Waals surface area contributed by atoms with Crippen LogP contribution in [-0.4, -0.2) is 36.8 Å². The minimum atomic E-state index is -0.437. The zero-order chi connectivity index (χ0) is 21.5. The Labute approximate surface area is 183 Å². The molecule has 0 amide bonds. The van der Waals surface area contributed by atoms with Crippen LogP contribution in [0.1, 0.15) is 45.0 Å². The number of hydrogen-bond donors (Lipinski definition) is 1. The van der Waals surface area contributed by atoms with Gasteiger partial charge in [0.15, 0.2) is 0 Å². The van der Waals surface area contributed by atoms with Crippen LogP contribution in [0.25, 0.3) is 0 Å². The van der Waals surface area contributed by atoms with Crippen LogP contribution in [0.4, 0.5) is 0 Å². The maximum atomic E-state index is 6.61. The Hall–Kier alpha value is -2.06. The van der Waals surface area contributed by atoms with Crippen LogP contribution >= 0.6 is 11.6 Å². The maximum Gasteiger partial charge on any atom is 0.494 e. The van der Waals surface area contributed by atoms with E-state index >= 15 is 0 Å². The molecule has 2 heterocycles. The second-order valence-corrected chi connectivity index (χ2v) is 9.05. The van der Waals surface area contributed by atoms with Crippen LogP contribution in [0.5, 0.6) is 5.75 Å². The van der Waals surface area contributed by atoms with Crippen LogP contribution in [-0.2, 0) is 15.9 Å². The molecule has 2 aliphatic rings. The van der Waals surface area contributed by atoms with Gasteiger partial charge in [0.2, 0.25) is 0 Å². The van der Waals surface area contributed by atoms with E-state index < -0.39 is 7.12 Å². The molecule has 2 aromatic rings. The van der Waals surface area contributed by atoms with Crippen molar-refractivity contribution in [1.82, 2.24) is 10.4 Å². The highest BCUT2D eigenvalue weighted by Crippen LogP contribution is 2.37. The Morgan fingerprint density at radius 3 is 2.37 bits per heavy atom. The van der Waals surface area contributed by atoms with E-state index in [-0.39, 0.29) is 17.4 Å². The Morgan fingerprint density at radius 1 is 1.10 bits per heavy atom. The van der Waals surface area contributed by atoms with Gasteiger partial charge in [-0.3, -0.25) is 5.01 Å². The number of hydrogen-bond acceptors (Lipinski definition) is 6. The van der Waals surface area contributed by atoms with Crippen molar-refractivity contribution in [3.8, 4) is 5.75 Å². The normalized spacial score (nSPS) is 22.0. The Morgan fingerprint density at radius 2 is 1.77 bits per heavy atom. The molecule has 2 aliphatic heterocycles.